The van der Waals surface area contributed by atoms with Crippen LogP contribution in [-0.2, 0) is 16.0 Å². The number of benzene rings is 1. The highest BCUT2D eigenvalue weighted by Gasteiger charge is 2.31. The average molecular weight is 475 g/mol. The number of nitrogens with one attached hydrogen (secondary N) is 1. The second kappa shape index (κ2) is 8.23. The van der Waals surface area contributed by atoms with E-state index in [1.165, 1.54) is 18.2 Å². The summed E-state index contributed by atoms with van der Waals surface area (Å²) in [7, 11) is -3.60. The first-order chi connectivity index (χ1) is 14.4. The van der Waals surface area contributed by atoms with Gasteiger partial charge in [0.05, 0.1) is 16.5 Å². The summed E-state index contributed by atoms with van der Waals surface area (Å²) >= 11 is 5.92. The van der Waals surface area contributed by atoms with Crippen molar-refractivity contribution in [2.75, 3.05) is 6.26 Å². The molecule has 0 bridgehead atoms. The van der Waals surface area contributed by atoms with Crippen molar-refractivity contribution >= 4 is 27.3 Å². The number of amides is 1. The van der Waals surface area contributed by atoms with E-state index < -0.39 is 33.5 Å². The molecule has 0 unspecified atom stereocenters. The number of carbonyl (C=O) groups excluding carboxylic acids is 1. The summed E-state index contributed by atoms with van der Waals surface area (Å²) in [5, 5.41) is 6.54. The smallest absolute Gasteiger partial charge is 0.342 e. The number of carbonyl (C=O) groups is 1. The number of sulfone groups is 1. The van der Waals surface area contributed by atoms with E-state index in [0.29, 0.717) is 12.4 Å². The second-order valence-corrected chi connectivity index (χ2v) is 8.89. The molecule has 0 fully saturated rings. The third-order valence-electron chi connectivity index (χ3n) is 4.03. The molecule has 1 aromatic carbocycles. The van der Waals surface area contributed by atoms with E-state index in [-0.39, 0.29) is 27.3 Å². The van der Waals surface area contributed by atoms with Crippen molar-refractivity contribution in [1.82, 2.24) is 30.0 Å². The lowest BCUT2D eigenvalue weighted by Crippen LogP contribution is -2.29. The lowest BCUT2D eigenvalue weighted by atomic mass is 10.2. The monoisotopic (exact) mass is 474 g/mol. The number of nitrogens with zero attached hydrogens (tertiary/aromatic N) is 5. The molecule has 1 N–H and O–H groups in total. The summed E-state index contributed by atoms with van der Waals surface area (Å²) in [6, 6.07) is 2.89. The molecule has 31 heavy (non-hydrogen) atoms. The molecular formula is C17H14ClF3N6O3S. The van der Waals surface area contributed by atoms with Crippen LogP contribution < -0.4 is 5.32 Å². The Kier molecular flexibility index (Phi) is 6.00. The van der Waals surface area contributed by atoms with Gasteiger partial charge in [0.25, 0.3) is 11.9 Å². The number of alkyl halides is 3. The maximum atomic E-state index is 12.7. The first-order valence-electron chi connectivity index (χ1n) is 8.47. The minimum atomic E-state index is -4.59. The van der Waals surface area contributed by atoms with Gasteiger partial charge in [0.15, 0.2) is 15.7 Å². The van der Waals surface area contributed by atoms with Gasteiger partial charge in [-0.15, -0.1) is 0 Å². The number of hydrogen-bond acceptors (Lipinski definition) is 7. The largest absolute Gasteiger partial charge is 0.419 e. The minimum absolute atomic E-state index is 0.00313. The molecular weight excluding hydrogens is 461 g/mol. The molecule has 0 spiro atoms. The summed E-state index contributed by atoms with van der Waals surface area (Å²) in [4.78, 5) is 23.8. The highest BCUT2D eigenvalue weighted by atomic mass is 35.5. The predicted molar refractivity (Wildman–Crippen MR) is 102 cm³/mol. The zero-order valence-corrected chi connectivity index (χ0v) is 17.5. The van der Waals surface area contributed by atoms with E-state index in [1.54, 1.807) is 6.92 Å². The van der Waals surface area contributed by atoms with E-state index in [9.17, 15) is 26.4 Å². The Balaban J connectivity index is 1.84. The van der Waals surface area contributed by atoms with Crippen LogP contribution in [0.1, 0.15) is 34.7 Å². The first kappa shape index (κ1) is 22.6. The van der Waals surface area contributed by atoms with E-state index in [2.05, 4.69) is 25.4 Å². The zero-order chi connectivity index (χ0) is 23.0. The van der Waals surface area contributed by atoms with Crippen LogP contribution in [0.3, 0.4) is 0 Å². The molecule has 0 saturated heterocycles. The van der Waals surface area contributed by atoms with Gasteiger partial charge in [0.2, 0.25) is 0 Å². The van der Waals surface area contributed by atoms with Gasteiger partial charge in [-0.3, -0.25) is 4.79 Å². The SMILES string of the molecule is C[C@@H](NC(=O)c1cc(Cl)cc(S(C)(=O)=O)c1)c1ncnn1-c1ncc(C(F)(F)F)cn1. The fourth-order valence-corrected chi connectivity index (χ4v) is 3.51. The van der Waals surface area contributed by atoms with Crippen molar-refractivity contribution in [2.45, 2.75) is 24.0 Å². The van der Waals surface area contributed by atoms with Gasteiger partial charge in [-0.2, -0.15) is 23.0 Å². The van der Waals surface area contributed by atoms with Crippen LogP contribution in [0.2, 0.25) is 5.02 Å². The fraction of sp³-hybridized carbons (Fsp3) is 0.235. The molecule has 0 aliphatic rings. The number of aromatic nitrogens is 5. The molecule has 1 amide bonds. The summed E-state index contributed by atoms with van der Waals surface area (Å²) in [5.41, 5.74) is -1.03. The lowest BCUT2D eigenvalue weighted by Gasteiger charge is -2.15. The van der Waals surface area contributed by atoms with Gasteiger partial charge >= 0.3 is 6.18 Å². The summed E-state index contributed by atoms with van der Waals surface area (Å²) in [6.07, 6.45) is -1.27. The van der Waals surface area contributed by atoms with Crippen LogP contribution in [-0.4, -0.2) is 45.3 Å². The van der Waals surface area contributed by atoms with E-state index in [4.69, 9.17) is 11.6 Å². The van der Waals surface area contributed by atoms with E-state index >= 15 is 0 Å². The van der Waals surface area contributed by atoms with Crippen LogP contribution in [0.5, 0.6) is 0 Å². The van der Waals surface area contributed by atoms with Crippen molar-refractivity contribution in [3.05, 3.63) is 58.9 Å². The Labute approximate surface area is 179 Å². The highest BCUT2D eigenvalue weighted by molar-refractivity contribution is 7.90. The molecule has 164 valence electrons. The third kappa shape index (κ3) is 5.17. The third-order valence-corrected chi connectivity index (χ3v) is 5.34. The van der Waals surface area contributed by atoms with Gasteiger partial charge < -0.3 is 5.32 Å². The fourth-order valence-electron chi connectivity index (χ4n) is 2.53. The van der Waals surface area contributed by atoms with Crippen LogP contribution in [0, 0.1) is 0 Å². The zero-order valence-electron chi connectivity index (χ0n) is 15.9. The standard InChI is InChI=1S/C17H14ClF3N6O3S/c1-9(26-15(28)10-3-12(18)5-13(4-10)31(2,29)30)14-24-8-25-27(14)16-22-6-11(7-23-16)17(19,20)21/h3-9H,1-2H3,(H,26,28)/t9-/m1/s1. The van der Waals surface area contributed by atoms with E-state index in [1.807, 2.05) is 0 Å². The Morgan fingerprint density at radius 2 is 1.81 bits per heavy atom. The number of rotatable bonds is 5. The molecule has 0 aliphatic carbocycles. The predicted octanol–water partition coefficient (Wildman–Crippen LogP) is 2.62. The number of halogens is 4. The van der Waals surface area contributed by atoms with Gasteiger partial charge in [-0.1, -0.05) is 11.6 Å². The molecule has 3 aromatic rings. The molecule has 2 aromatic heterocycles. The quantitative estimate of drug-likeness (QED) is 0.603. The molecule has 2 heterocycles. The van der Waals surface area contributed by atoms with Gasteiger partial charge in [-0.05, 0) is 25.1 Å². The van der Waals surface area contributed by atoms with Crippen LogP contribution >= 0.6 is 11.6 Å². The van der Waals surface area contributed by atoms with Crippen molar-refractivity contribution in [3.8, 4) is 5.95 Å². The van der Waals surface area contributed by atoms with Gasteiger partial charge in [-0.25, -0.2) is 23.4 Å². The number of hydrogen-bond donors (Lipinski definition) is 1. The molecule has 14 heteroatoms. The topological polar surface area (TPSA) is 120 Å². The van der Waals surface area contributed by atoms with Crippen LogP contribution in [0.25, 0.3) is 5.95 Å². The van der Waals surface area contributed by atoms with Gasteiger partial charge in [0, 0.05) is 29.2 Å². The van der Waals surface area contributed by atoms with Crippen molar-refractivity contribution in [1.29, 1.82) is 0 Å². The Bertz CT molecular complexity index is 1230. The minimum Gasteiger partial charge on any atom is -0.342 e. The summed E-state index contributed by atoms with van der Waals surface area (Å²) < 4.78 is 62.7. The lowest BCUT2D eigenvalue weighted by molar-refractivity contribution is -0.138. The second-order valence-electron chi connectivity index (χ2n) is 6.44. The Hall–Kier alpha value is -3.06. The van der Waals surface area contributed by atoms with E-state index in [0.717, 1.165) is 17.3 Å². The normalized spacial score (nSPS) is 13.1. The van der Waals surface area contributed by atoms with Crippen molar-refractivity contribution in [3.63, 3.8) is 0 Å². The Morgan fingerprint density at radius 1 is 1.16 bits per heavy atom. The highest BCUT2D eigenvalue weighted by Crippen LogP contribution is 2.28. The van der Waals surface area contributed by atoms with Gasteiger partial charge in [0.1, 0.15) is 6.33 Å². The summed E-state index contributed by atoms with van der Waals surface area (Å²) in [6.45, 7) is 1.55. The van der Waals surface area contributed by atoms with Crippen molar-refractivity contribution in [2.24, 2.45) is 0 Å². The maximum Gasteiger partial charge on any atom is 0.419 e. The molecule has 1 atom stereocenters. The van der Waals surface area contributed by atoms with Crippen LogP contribution in [0.15, 0.2) is 41.8 Å². The van der Waals surface area contributed by atoms with Crippen molar-refractivity contribution < 1.29 is 26.4 Å². The average Bonchev–Trinajstić information content (AvgIpc) is 3.16. The summed E-state index contributed by atoms with van der Waals surface area (Å²) in [5.74, 6) is -0.690. The maximum absolute atomic E-state index is 12.7. The molecule has 0 radical (unpaired) electrons. The molecule has 9 nitrogen and oxygen atoms in total. The van der Waals surface area contributed by atoms with Crippen LogP contribution in [0.4, 0.5) is 13.2 Å². The Morgan fingerprint density at radius 3 is 2.39 bits per heavy atom. The molecule has 0 saturated carbocycles. The molecule has 3 rings (SSSR count). The first-order valence-corrected chi connectivity index (χ1v) is 10.7. The molecule has 0 aliphatic heterocycles.